The van der Waals surface area contributed by atoms with Crippen molar-refractivity contribution in [2.24, 2.45) is 5.92 Å². The van der Waals surface area contributed by atoms with E-state index in [1.165, 1.54) is 25.7 Å². The van der Waals surface area contributed by atoms with Crippen LogP contribution in [0.4, 0.5) is 4.79 Å². The lowest BCUT2D eigenvalue weighted by Crippen LogP contribution is -2.45. The zero-order chi connectivity index (χ0) is 13.8. The Bertz CT molecular complexity index is 340. The second-order valence-corrected chi connectivity index (χ2v) is 5.90. The Balaban J connectivity index is 1.87. The molecule has 2 aliphatic rings. The summed E-state index contributed by atoms with van der Waals surface area (Å²) in [5.41, 5.74) is 0. The zero-order valence-corrected chi connectivity index (χ0v) is 11.7. The summed E-state index contributed by atoms with van der Waals surface area (Å²) in [5.74, 6) is -0.183. The number of hydrogen-bond donors (Lipinski definition) is 1. The van der Waals surface area contributed by atoms with E-state index in [0.717, 1.165) is 19.4 Å². The highest BCUT2D eigenvalue weighted by molar-refractivity contribution is 5.76. The Kier molecular flexibility index (Phi) is 4.66. The summed E-state index contributed by atoms with van der Waals surface area (Å²) in [5, 5.41) is 8.89. The maximum atomic E-state index is 12.4. The first-order valence-electron chi connectivity index (χ1n) is 7.31. The molecular weight excluding hydrogens is 244 g/mol. The first-order chi connectivity index (χ1) is 9.08. The molecule has 0 aromatic heterocycles. The lowest BCUT2D eigenvalue weighted by Gasteiger charge is -2.30. The SMILES string of the molecule is CN(CC1CCCC1)C(=O)N1CCCC1CC(=O)O. The summed E-state index contributed by atoms with van der Waals surface area (Å²) in [6.07, 6.45) is 6.79. The highest BCUT2D eigenvalue weighted by atomic mass is 16.4. The van der Waals surface area contributed by atoms with Crippen molar-refractivity contribution in [3.05, 3.63) is 0 Å². The Morgan fingerprint density at radius 2 is 1.89 bits per heavy atom. The van der Waals surface area contributed by atoms with Crippen LogP contribution in [0.5, 0.6) is 0 Å². The number of likely N-dealkylation sites (tertiary alicyclic amines) is 1. The van der Waals surface area contributed by atoms with E-state index in [9.17, 15) is 9.59 Å². The smallest absolute Gasteiger partial charge is 0.320 e. The van der Waals surface area contributed by atoms with E-state index in [0.29, 0.717) is 12.5 Å². The number of amides is 2. The molecule has 1 atom stereocenters. The molecule has 5 nitrogen and oxygen atoms in total. The Labute approximate surface area is 114 Å². The quantitative estimate of drug-likeness (QED) is 0.850. The number of urea groups is 1. The van der Waals surface area contributed by atoms with Gasteiger partial charge in [-0.3, -0.25) is 4.79 Å². The lowest BCUT2D eigenvalue weighted by atomic mass is 10.1. The minimum atomic E-state index is -0.817. The van der Waals surface area contributed by atoms with Gasteiger partial charge >= 0.3 is 12.0 Å². The molecule has 2 rings (SSSR count). The summed E-state index contributed by atoms with van der Waals surface area (Å²) in [7, 11) is 1.84. The van der Waals surface area contributed by atoms with Crippen molar-refractivity contribution in [2.45, 2.75) is 51.0 Å². The van der Waals surface area contributed by atoms with Gasteiger partial charge in [0.1, 0.15) is 0 Å². The van der Waals surface area contributed by atoms with E-state index in [-0.39, 0.29) is 18.5 Å². The van der Waals surface area contributed by atoms with E-state index in [1.807, 2.05) is 7.05 Å². The van der Waals surface area contributed by atoms with Crippen LogP contribution in [-0.4, -0.2) is 53.1 Å². The number of hydrogen-bond acceptors (Lipinski definition) is 2. The molecule has 1 aliphatic heterocycles. The summed E-state index contributed by atoms with van der Waals surface area (Å²) >= 11 is 0. The second kappa shape index (κ2) is 6.26. The molecule has 1 heterocycles. The van der Waals surface area contributed by atoms with E-state index >= 15 is 0 Å². The third kappa shape index (κ3) is 3.61. The standard InChI is InChI=1S/C14H24N2O3/c1-15(10-11-5-2-3-6-11)14(19)16-8-4-7-12(16)9-13(17)18/h11-12H,2-10H2,1H3,(H,17,18). The topological polar surface area (TPSA) is 60.9 Å². The van der Waals surface area contributed by atoms with E-state index in [1.54, 1.807) is 9.80 Å². The average molecular weight is 268 g/mol. The fourth-order valence-electron chi connectivity index (χ4n) is 3.38. The molecule has 0 spiro atoms. The minimum absolute atomic E-state index is 0.00986. The van der Waals surface area contributed by atoms with E-state index < -0.39 is 5.97 Å². The van der Waals surface area contributed by atoms with Crippen LogP contribution in [0.15, 0.2) is 0 Å². The lowest BCUT2D eigenvalue weighted by molar-refractivity contribution is -0.138. The maximum absolute atomic E-state index is 12.4. The van der Waals surface area contributed by atoms with E-state index in [4.69, 9.17) is 5.11 Å². The van der Waals surface area contributed by atoms with Gasteiger partial charge in [0.15, 0.2) is 0 Å². The van der Waals surface area contributed by atoms with Crippen LogP contribution in [0, 0.1) is 5.92 Å². The van der Waals surface area contributed by atoms with Gasteiger partial charge in [0, 0.05) is 26.2 Å². The fraction of sp³-hybridized carbons (Fsp3) is 0.857. The van der Waals surface area contributed by atoms with Gasteiger partial charge in [-0.15, -0.1) is 0 Å². The first kappa shape index (κ1) is 14.2. The van der Waals surface area contributed by atoms with Crippen LogP contribution in [-0.2, 0) is 4.79 Å². The molecule has 19 heavy (non-hydrogen) atoms. The molecule has 108 valence electrons. The van der Waals surface area contributed by atoms with Crippen LogP contribution in [0.3, 0.4) is 0 Å². The number of carbonyl (C=O) groups is 2. The Hall–Kier alpha value is -1.26. The number of aliphatic carboxylic acids is 1. The predicted octanol–water partition coefficient (Wildman–Crippen LogP) is 2.17. The number of carboxylic acids is 1. The molecular formula is C14H24N2O3. The average Bonchev–Trinajstić information content (AvgIpc) is 2.98. The van der Waals surface area contributed by atoms with Crippen molar-refractivity contribution >= 4 is 12.0 Å². The first-order valence-corrected chi connectivity index (χ1v) is 7.31. The van der Waals surface area contributed by atoms with Crippen molar-refractivity contribution in [1.82, 2.24) is 9.80 Å². The Morgan fingerprint density at radius 1 is 1.21 bits per heavy atom. The van der Waals surface area contributed by atoms with Gasteiger partial charge in [-0.2, -0.15) is 0 Å². The highest BCUT2D eigenvalue weighted by Gasteiger charge is 2.32. The molecule has 1 saturated heterocycles. The maximum Gasteiger partial charge on any atom is 0.320 e. The summed E-state index contributed by atoms with van der Waals surface area (Å²) in [6, 6.07) is -0.105. The molecule has 2 amide bonds. The third-order valence-corrected chi connectivity index (χ3v) is 4.37. The number of rotatable bonds is 4. The second-order valence-electron chi connectivity index (χ2n) is 5.90. The van der Waals surface area contributed by atoms with Crippen molar-refractivity contribution in [3.63, 3.8) is 0 Å². The molecule has 0 bridgehead atoms. The van der Waals surface area contributed by atoms with Gasteiger partial charge in [-0.05, 0) is 31.6 Å². The molecule has 1 N–H and O–H groups in total. The van der Waals surface area contributed by atoms with Crippen LogP contribution in [0.1, 0.15) is 44.9 Å². The molecule has 0 radical (unpaired) electrons. The summed E-state index contributed by atoms with van der Waals surface area (Å²) in [4.78, 5) is 26.7. The third-order valence-electron chi connectivity index (χ3n) is 4.37. The van der Waals surface area contributed by atoms with Crippen molar-refractivity contribution < 1.29 is 14.7 Å². The van der Waals surface area contributed by atoms with Crippen LogP contribution in [0.25, 0.3) is 0 Å². The van der Waals surface area contributed by atoms with E-state index in [2.05, 4.69) is 0 Å². The molecule has 1 unspecified atom stereocenters. The summed E-state index contributed by atoms with van der Waals surface area (Å²) < 4.78 is 0. The van der Waals surface area contributed by atoms with Crippen molar-refractivity contribution in [1.29, 1.82) is 0 Å². The van der Waals surface area contributed by atoms with Gasteiger partial charge < -0.3 is 14.9 Å². The summed E-state index contributed by atoms with van der Waals surface area (Å²) in [6.45, 7) is 1.51. The molecule has 5 heteroatoms. The number of carboxylic acid groups (broad SMARTS) is 1. The van der Waals surface area contributed by atoms with Gasteiger partial charge in [0.05, 0.1) is 6.42 Å². The molecule has 2 fully saturated rings. The van der Waals surface area contributed by atoms with Gasteiger partial charge in [0.25, 0.3) is 0 Å². The fourth-order valence-corrected chi connectivity index (χ4v) is 3.38. The minimum Gasteiger partial charge on any atom is -0.481 e. The Morgan fingerprint density at radius 3 is 2.53 bits per heavy atom. The number of carbonyl (C=O) groups excluding carboxylic acids is 1. The van der Waals surface area contributed by atoms with Crippen molar-refractivity contribution in [3.8, 4) is 0 Å². The largest absolute Gasteiger partial charge is 0.481 e. The van der Waals surface area contributed by atoms with Gasteiger partial charge in [0.2, 0.25) is 0 Å². The molecule has 1 aliphatic carbocycles. The predicted molar refractivity (Wildman–Crippen MR) is 72.0 cm³/mol. The van der Waals surface area contributed by atoms with Gasteiger partial charge in [-0.1, -0.05) is 12.8 Å². The monoisotopic (exact) mass is 268 g/mol. The number of nitrogens with zero attached hydrogens (tertiary/aromatic N) is 2. The van der Waals surface area contributed by atoms with Gasteiger partial charge in [-0.25, -0.2) is 4.79 Å². The normalized spacial score (nSPS) is 23.8. The molecule has 1 saturated carbocycles. The molecule has 0 aromatic rings. The molecule has 0 aromatic carbocycles. The zero-order valence-electron chi connectivity index (χ0n) is 11.7. The van der Waals surface area contributed by atoms with Crippen LogP contribution >= 0.6 is 0 Å². The van der Waals surface area contributed by atoms with Crippen LogP contribution < -0.4 is 0 Å². The van der Waals surface area contributed by atoms with Crippen molar-refractivity contribution in [2.75, 3.05) is 20.1 Å². The highest BCUT2D eigenvalue weighted by Crippen LogP contribution is 2.26. The van der Waals surface area contributed by atoms with Crippen LogP contribution in [0.2, 0.25) is 0 Å².